The molecule has 0 aromatic heterocycles. The van der Waals surface area contributed by atoms with E-state index in [4.69, 9.17) is 10.5 Å². The highest BCUT2D eigenvalue weighted by Gasteiger charge is 2.73. The van der Waals surface area contributed by atoms with Gasteiger partial charge < -0.3 is 31.3 Å². The number of urea groups is 1. The topological polar surface area (TPSA) is 177 Å². The van der Waals surface area contributed by atoms with Crippen LogP contribution in [0.15, 0.2) is 0 Å². The predicted octanol–water partition coefficient (Wildman–Crippen LogP) is 1.94. The van der Waals surface area contributed by atoms with Crippen molar-refractivity contribution in [3.8, 4) is 0 Å². The second-order valence-corrected chi connectivity index (χ2v) is 15.3. The highest BCUT2D eigenvalue weighted by Crippen LogP contribution is 2.66. The van der Waals surface area contributed by atoms with Gasteiger partial charge in [0.05, 0.1) is 18.1 Å². The molecule has 6 rings (SSSR count). The Hall–Kier alpha value is -3.39. The molecule has 1 aliphatic heterocycles. The zero-order valence-electron chi connectivity index (χ0n) is 26.7. The second-order valence-electron chi connectivity index (χ2n) is 15.3. The van der Waals surface area contributed by atoms with Gasteiger partial charge in [-0.15, -0.1) is 0 Å². The summed E-state index contributed by atoms with van der Waals surface area (Å²) in [7, 11) is 0. The van der Waals surface area contributed by atoms with E-state index in [9.17, 15) is 41.9 Å². The summed E-state index contributed by atoms with van der Waals surface area (Å²) in [5, 5.41) is 7.36. The number of fused-ring (bicyclic) bond motifs is 1. The van der Waals surface area contributed by atoms with Crippen molar-refractivity contribution in [2.24, 2.45) is 46.2 Å². The van der Waals surface area contributed by atoms with E-state index in [1.165, 1.54) is 0 Å². The Kier molecular flexibility index (Phi) is 8.51. The van der Waals surface area contributed by atoms with Crippen molar-refractivity contribution in [1.29, 1.82) is 0 Å². The Labute approximate surface area is 270 Å². The maximum absolute atomic E-state index is 14.6. The van der Waals surface area contributed by atoms with Gasteiger partial charge in [0.15, 0.2) is 0 Å². The number of carbonyl (C=O) groups excluding carboxylic acids is 6. The van der Waals surface area contributed by atoms with Crippen LogP contribution in [0.4, 0.5) is 18.0 Å². The van der Waals surface area contributed by atoms with Gasteiger partial charge in [0.25, 0.3) is 5.91 Å². The Morgan fingerprint density at radius 3 is 2.09 bits per heavy atom. The van der Waals surface area contributed by atoms with Gasteiger partial charge in [-0.2, -0.15) is 13.2 Å². The van der Waals surface area contributed by atoms with Crippen LogP contribution in [0.2, 0.25) is 0 Å². The largest absolute Gasteiger partial charge is 0.464 e. The van der Waals surface area contributed by atoms with Crippen LogP contribution in [0.25, 0.3) is 0 Å². The number of carbonyl (C=O) groups is 6. The number of likely N-dealkylation sites (tertiary alicyclic amines) is 1. The molecule has 6 aliphatic rings. The smallest absolute Gasteiger partial charge is 0.396 e. The van der Waals surface area contributed by atoms with E-state index in [1.54, 1.807) is 0 Å². The first-order valence-electron chi connectivity index (χ1n) is 16.8. The van der Waals surface area contributed by atoms with E-state index < -0.39 is 95.4 Å². The minimum atomic E-state index is -4.85. The number of ketones is 1. The van der Waals surface area contributed by atoms with E-state index in [-0.39, 0.29) is 43.2 Å². The molecule has 47 heavy (non-hydrogen) atoms. The van der Waals surface area contributed by atoms with Crippen LogP contribution in [0.5, 0.6) is 0 Å². The summed E-state index contributed by atoms with van der Waals surface area (Å²) in [5.74, 6) is -5.09. The molecule has 0 spiro atoms. The molecule has 1 unspecified atom stereocenters. The zero-order valence-corrected chi connectivity index (χ0v) is 26.7. The number of esters is 1. The lowest BCUT2D eigenvalue weighted by atomic mass is 9.79. The van der Waals surface area contributed by atoms with E-state index >= 15 is 0 Å². The molecule has 5 amide bonds. The number of rotatable bonds is 14. The monoisotopic (exact) mass is 667 g/mol. The third kappa shape index (κ3) is 6.55. The molecular formula is C32H44F3N5O7. The minimum Gasteiger partial charge on any atom is -0.464 e. The lowest BCUT2D eigenvalue weighted by Gasteiger charge is -2.37. The standard InChI is InChI=1S/C32H44F3N5O7/c1-30(2)18-13-40(22(20(18)30)26(43)37-19(12-15-6-7-15)23(41)25(36)42)27(44)24(31(10-11-31)32(33,34)35)39-29(46)38-21(17-4-3-5-17)28(45)47-14-16-8-9-16/h15-22,24H,3-14H2,1-2H3,(H2,36,42)(H,37,43)(H2,38,39,46)/t18-,19?,20-,21-,22-,24+/m0/s1. The Bertz CT molecular complexity index is 1340. The maximum Gasteiger partial charge on any atom is 0.396 e. The van der Waals surface area contributed by atoms with Gasteiger partial charge in [-0.25, -0.2) is 9.59 Å². The first-order valence-corrected chi connectivity index (χ1v) is 16.8. The summed E-state index contributed by atoms with van der Waals surface area (Å²) in [4.78, 5) is 79.6. The maximum atomic E-state index is 14.6. The molecule has 1 saturated heterocycles. The third-order valence-corrected chi connectivity index (χ3v) is 11.7. The number of alkyl halides is 3. The Morgan fingerprint density at radius 2 is 1.57 bits per heavy atom. The number of nitrogens with one attached hydrogen (secondary N) is 3. The van der Waals surface area contributed by atoms with Gasteiger partial charge in [-0.3, -0.25) is 19.2 Å². The Balaban J connectivity index is 1.21. The number of nitrogens with zero attached hydrogens (tertiary/aromatic N) is 1. The van der Waals surface area contributed by atoms with Crippen molar-refractivity contribution in [3.63, 3.8) is 0 Å². The number of ether oxygens (including phenoxy) is 1. The summed E-state index contributed by atoms with van der Waals surface area (Å²) in [5.41, 5.74) is 2.28. The van der Waals surface area contributed by atoms with Crippen molar-refractivity contribution in [2.75, 3.05) is 13.2 Å². The lowest BCUT2D eigenvalue weighted by Crippen LogP contribution is -2.63. The number of Topliss-reactive ketones (excluding diaryl/α,β-unsaturated/α-hetero) is 1. The number of hydrogen-bond acceptors (Lipinski definition) is 7. The molecule has 5 saturated carbocycles. The van der Waals surface area contributed by atoms with Gasteiger partial charge >= 0.3 is 18.2 Å². The molecule has 0 bridgehead atoms. The third-order valence-electron chi connectivity index (χ3n) is 11.7. The fourth-order valence-electron chi connectivity index (χ4n) is 7.66. The van der Waals surface area contributed by atoms with Crippen LogP contribution < -0.4 is 21.7 Å². The van der Waals surface area contributed by atoms with Gasteiger partial charge in [0, 0.05) is 6.54 Å². The average molecular weight is 668 g/mol. The molecule has 0 aromatic carbocycles. The molecule has 5 aliphatic carbocycles. The summed E-state index contributed by atoms with van der Waals surface area (Å²) in [6.45, 7) is 3.99. The molecular weight excluding hydrogens is 623 g/mol. The van der Waals surface area contributed by atoms with Crippen molar-refractivity contribution in [3.05, 3.63) is 0 Å². The van der Waals surface area contributed by atoms with Crippen LogP contribution in [0.3, 0.4) is 0 Å². The summed E-state index contributed by atoms with van der Waals surface area (Å²) in [6, 6.07) is -6.65. The van der Waals surface area contributed by atoms with E-state index in [0.29, 0.717) is 12.8 Å². The van der Waals surface area contributed by atoms with Gasteiger partial charge in [-0.1, -0.05) is 33.1 Å². The van der Waals surface area contributed by atoms with Crippen molar-refractivity contribution >= 4 is 35.5 Å². The molecule has 15 heteroatoms. The van der Waals surface area contributed by atoms with Crippen LogP contribution in [-0.4, -0.2) is 83.9 Å². The molecule has 12 nitrogen and oxygen atoms in total. The summed E-state index contributed by atoms with van der Waals surface area (Å²) < 4.78 is 49.1. The number of primary amides is 1. The molecule has 6 atom stereocenters. The quantitative estimate of drug-likeness (QED) is 0.162. The Morgan fingerprint density at radius 1 is 0.936 bits per heavy atom. The minimum absolute atomic E-state index is 0.0163. The first-order chi connectivity index (χ1) is 22.0. The van der Waals surface area contributed by atoms with Crippen molar-refractivity contribution in [2.45, 2.75) is 108 Å². The van der Waals surface area contributed by atoms with Crippen molar-refractivity contribution < 1.29 is 46.7 Å². The van der Waals surface area contributed by atoms with Crippen molar-refractivity contribution in [1.82, 2.24) is 20.9 Å². The number of nitrogens with two attached hydrogens (primary N) is 1. The number of amides is 5. The van der Waals surface area contributed by atoms with E-state index in [1.807, 2.05) is 13.8 Å². The van der Waals surface area contributed by atoms with E-state index in [2.05, 4.69) is 16.0 Å². The normalized spacial score (nSPS) is 28.9. The molecule has 0 aromatic rings. The van der Waals surface area contributed by atoms with E-state index in [0.717, 1.165) is 37.0 Å². The number of halogens is 3. The van der Waals surface area contributed by atoms with Crippen LogP contribution in [-0.2, 0) is 28.7 Å². The molecule has 260 valence electrons. The predicted molar refractivity (Wildman–Crippen MR) is 158 cm³/mol. The summed E-state index contributed by atoms with van der Waals surface area (Å²) >= 11 is 0. The van der Waals surface area contributed by atoms with Crippen LogP contribution in [0.1, 0.15) is 78.1 Å². The van der Waals surface area contributed by atoms with Crippen LogP contribution in [0, 0.1) is 40.4 Å². The average Bonchev–Trinajstić information content (AvgIpc) is 3.78. The molecule has 0 radical (unpaired) electrons. The highest BCUT2D eigenvalue weighted by molar-refractivity contribution is 6.37. The highest BCUT2D eigenvalue weighted by atomic mass is 19.4. The molecule has 1 heterocycles. The van der Waals surface area contributed by atoms with Gasteiger partial charge in [0.1, 0.15) is 18.1 Å². The fraction of sp³-hybridized carbons (Fsp3) is 0.812. The molecule has 5 N–H and O–H groups in total. The SMILES string of the molecule is CC1(C)[C@@H]2[C@@H](C(=O)NC(CC3CC3)C(=O)C(N)=O)N(C(=O)[C@@H](NC(=O)N[C@H](C(=O)OCC3CC3)C3CCC3)C3(C(F)(F)F)CC3)C[C@@H]21. The number of piperidine rings is 1. The molecule has 6 fully saturated rings. The second kappa shape index (κ2) is 11.9. The fourth-order valence-corrected chi connectivity index (χ4v) is 7.66. The lowest BCUT2D eigenvalue weighted by molar-refractivity contribution is -0.199. The van der Waals surface area contributed by atoms with Gasteiger partial charge in [0.2, 0.25) is 17.6 Å². The van der Waals surface area contributed by atoms with Gasteiger partial charge in [-0.05, 0) is 80.0 Å². The first kappa shape index (κ1) is 33.5. The number of hydrogen-bond donors (Lipinski definition) is 4. The van der Waals surface area contributed by atoms with Crippen LogP contribution >= 0.6 is 0 Å². The summed E-state index contributed by atoms with van der Waals surface area (Å²) in [6.07, 6.45) is 0.178. The zero-order chi connectivity index (χ0) is 34.1.